The molecule has 1 atom stereocenters. The molecule has 0 radical (unpaired) electrons. The van der Waals surface area contributed by atoms with Crippen molar-refractivity contribution in [3.8, 4) is 0 Å². The normalized spacial score (nSPS) is 14.3. The van der Waals surface area contributed by atoms with Gasteiger partial charge in [-0.05, 0) is 79.4 Å². The van der Waals surface area contributed by atoms with Crippen LogP contribution in [0.5, 0.6) is 0 Å². The quantitative estimate of drug-likeness (QED) is 0.422. The van der Waals surface area contributed by atoms with E-state index < -0.39 is 10.0 Å². The maximum absolute atomic E-state index is 12.8. The van der Waals surface area contributed by atoms with E-state index in [0.29, 0.717) is 4.90 Å². The zero-order valence-corrected chi connectivity index (χ0v) is 19.4. The van der Waals surface area contributed by atoms with Crippen molar-refractivity contribution in [2.24, 2.45) is 0 Å². The van der Waals surface area contributed by atoms with E-state index in [4.69, 9.17) is 0 Å². The third kappa shape index (κ3) is 8.15. The van der Waals surface area contributed by atoms with Gasteiger partial charge in [-0.3, -0.25) is 0 Å². The van der Waals surface area contributed by atoms with Gasteiger partial charge in [0.25, 0.3) is 0 Å². The van der Waals surface area contributed by atoms with Gasteiger partial charge < -0.3 is 0 Å². The Labute approximate surface area is 172 Å². The highest BCUT2D eigenvalue weighted by molar-refractivity contribution is 7.89. The summed E-state index contributed by atoms with van der Waals surface area (Å²) in [5, 5.41) is 0. The molecule has 4 heteroatoms. The lowest BCUT2D eigenvalue weighted by atomic mass is 10.1. The summed E-state index contributed by atoms with van der Waals surface area (Å²) in [6.07, 6.45) is 10.8. The van der Waals surface area contributed by atoms with Gasteiger partial charge in [-0.25, -0.2) is 8.42 Å². The number of sulfonamides is 1. The van der Waals surface area contributed by atoms with E-state index in [2.05, 4.69) is 45.9 Å². The minimum absolute atomic E-state index is 0.186. The van der Waals surface area contributed by atoms with Gasteiger partial charge in [0, 0.05) is 13.1 Å². The maximum atomic E-state index is 12.8. The zero-order chi connectivity index (χ0) is 21.3. The van der Waals surface area contributed by atoms with Gasteiger partial charge in [0.15, 0.2) is 0 Å². The van der Waals surface area contributed by atoms with Gasteiger partial charge in [-0.1, -0.05) is 52.6 Å². The van der Waals surface area contributed by atoms with Crippen LogP contribution >= 0.6 is 0 Å². The van der Waals surface area contributed by atoms with E-state index in [1.54, 1.807) is 19.2 Å². The molecular formula is C24H37NO2S. The second-order valence-corrected chi connectivity index (χ2v) is 9.99. The summed E-state index contributed by atoms with van der Waals surface area (Å²) in [5.41, 5.74) is 5.05. The third-order valence-corrected chi connectivity index (χ3v) is 6.88. The van der Waals surface area contributed by atoms with Gasteiger partial charge in [0.1, 0.15) is 0 Å². The number of allylic oxidation sites excluding steroid dienone is 5. The predicted molar refractivity (Wildman–Crippen MR) is 121 cm³/mol. The first kappa shape index (κ1) is 24.4. The average Bonchev–Trinajstić information content (AvgIpc) is 2.61. The molecule has 1 aromatic rings. The average molecular weight is 404 g/mol. The Morgan fingerprint density at radius 3 is 2.07 bits per heavy atom. The number of rotatable bonds is 10. The second kappa shape index (κ2) is 11.4. The van der Waals surface area contributed by atoms with Crippen LogP contribution in [0.4, 0.5) is 0 Å². The van der Waals surface area contributed by atoms with E-state index >= 15 is 0 Å². The Balaban J connectivity index is 2.65. The van der Waals surface area contributed by atoms with Crippen LogP contribution in [-0.2, 0) is 10.0 Å². The highest BCUT2D eigenvalue weighted by Crippen LogP contribution is 2.19. The van der Waals surface area contributed by atoms with Crippen molar-refractivity contribution in [1.29, 1.82) is 0 Å². The summed E-state index contributed by atoms with van der Waals surface area (Å²) in [6.45, 7) is 12.4. The summed E-state index contributed by atoms with van der Waals surface area (Å²) in [5.74, 6) is 0. The molecule has 0 aromatic heterocycles. The Bertz CT molecular complexity index is 811. The van der Waals surface area contributed by atoms with Crippen molar-refractivity contribution in [1.82, 2.24) is 4.31 Å². The SMILES string of the molecule is CC(C)=CCCC(C)=CCCC(C)=CC(C)N(C)S(=O)(=O)c1ccc(C)cc1. The predicted octanol–water partition coefficient (Wildman–Crippen LogP) is 6.42. The first-order valence-corrected chi connectivity index (χ1v) is 11.5. The van der Waals surface area contributed by atoms with Crippen molar-refractivity contribution in [3.05, 3.63) is 64.8 Å². The molecule has 0 aliphatic rings. The number of nitrogens with zero attached hydrogens (tertiary/aromatic N) is 1. The smallest absolute Gasteiger partial charge is 0.207 e. The molecule has 0 aliphatic heterocycles. The minimum Gasteiger partial charge on any atom is -0.207 e. The highest BCUT2D eigenvalue weighted by atomic mass is 32.2. The van der Waals surface area contributed by atoms with Crippen molar-refractivity contribution >= 4 is 10.0 Å². The summed E-state index contributed by atoms with van der Waals surface area (Å²) < 4.78 is 27.0. The molecule has 0 bridgehead atoms. The zero-order valence-electron chi connectivity index (χ0n) is 18.6. The molecule has 0 heterocycles. The van der Waals surface area contributed by atoms with E-state index in [-0.39, 0.29) is 6.04 Å². The molecule has 0 saturated carbocycles. The molecule has 0 aliphatic carbocycles. The van der Waals surface area contributed by atoms with Gasteiger partial charge in [0.2, 0.25) is 10.0 Å². The molecule has 28 heavy (non-hydrogen) atoms. The molecule has 3 nitrogen and oxygen atoms in total. The Kier molecular flexibility index (Phi) is 9.91. The lowest BCUT2D eigenvalue weighted by molar-refractivity contribution is 0.435. The van der Waals surface area contributed by atoms with E-state index in [1.807, 2.05) is 26.0 Å². The number of hydrogen-bond donors (Lipinski definition) is 0. The van der Waals surface area contributed by atoms with Gasteiger partial charge >= 0.3 is 0 Å². The van der Waals surface area contributed by atoms with Crippen LogP contribution < -0.4 is 0 Å². The van der Waals surface area contributed by atoms with Crippen molar-refractivity contribution in [3.63, 3.8) is 0 Å². The summed E-state index contributed by atoms with van der Waals surface area (Å²) in [6, 6.07) is 6.83. The molecule has 0 amide bonds. The first-order chi connectivity index (χ1) is 13.0. The number of aryl methyl sites for hydroxylation is 1. The van der Waals surface area contributed by atoms with Crippen molar-refractivity contribution in [2.45, 2.75) is 78.2 Å². The van der Waals surface area contributed by atoms with Crippen LogP contribution in [0.25, 0.3) is 0 Å². The Morgan fingerprint density at radius 2 is 1.50 bits per heavy atom. The molecule has 156 valence electrons. The first-order valence-electron chi connectivity index (χ1n) is 10.0. The lowest BCUT2D eigenvalue weighted by Crippen LogP contribution is -2.34. The van der Waals surface area contributed by atoms with Crippen LogP contribution in [-0.4, -0.2) is 25.8 Å². The summed E-state index contributed by atoms with van der Waals surface area (Å²) in [4.78, 5) is 0.341. The van der Waals surface area contributed by atoms with Gasteiger partial charge in [-0.2, -0.15) is 4.31 Å². The molecule has 0 saturated heterocycles. The fourth-order valence-corrected chi connectivity index (χ4v) is 4.24. The number of benzene rings is 1. The van der Waals surface area contributed by atoms with E-state index in [1.165, 1.54) is 21.0 Å². The van der Waals surface area contributed by atoms with Crippen LogP contribution in [0, 0.1) is 6.92 Å². The Morgan fingerprint density at radius 1 is 0.964 bits per heavy atom. The minimum atomic E-state index is -3.48. The fourth-order valence-electron chi connectivity index (χ4n) is 2.93. The molecular weight excluding hydrogens is 366 g/mol. The standard InChI is InChI=1S/C24H37NO2S/c1-19(2)10-8-11-20(3)12-9-13-22(5)18-23(6)25(7)28(26,27)24-16-14-21(4)15-17-24/h10,12,14-18,23H,8-9,11,13H2,1-7H3. The highest BCUT2D eigenvalue weighted by Gasteiger charge is 2.24. The van der Waals surface area contributed by atoms with Crippen LogP contribution in [0.2, 0.25) is 0 Å². The largest absolute Gasteiger partial charge is 0.243 e. The number of likely N-dealkylation sites (N-methyl/N-ethyl adjacent to an activating group) is 1. The molecule has 0 spiro atoms. The molecule has 0 fully saturated rings. The van der Waals surface area contributed by atoms with Crippen molar-refractivity contribution in [2.75, 3.05) is 7.05 Å². The van der Waals surface area contributed by atoms with Gasteiger partial charge in [0.05, 0.1) is 4.90 Å². The molecule has 1 aromatic carbocycles. The van der Waals surface area contributed by atoms with E-state index in [0.717, 1.165) is 31.2 Å². The molecule has 1 rings (SSSR count). The van der Waals surface area contributed by atoms with Gasteiger partial charge in [-0.15, -0.1) is 0 Å². The summed E-state index contributed by atoms with van der Waals surface area (Å²) >= 11 is 0. The van der Waals surface area contributed by atoms with Crippen molar-refractivity contribution < 1.29 is 8.42 Å². The van der Waals surface area contributed by atoms with Crippen LogP contribution in [0.1, 0.15) is 65.9 Å². The fraction of sp³-hybridized carbons (Fsp3) is 0.500. The Hall–Kier alpha value is -1.65. The maximum Gasteiger partial charge on any atom is 0.243 e. The topological polar surface area (TPSA) is 37.4 Å². The summed E-state index contributed by atoms with van der Waals surface area (Å²) in [7, 11) is -1.83. The third-order valence-electron chi connectivity index (χ3n) is 4.92. The second-order valence-electron chi connectivity index (χ2n) is 8.00. The lowest BCUT2D eigenvalue weighted by Gasteiger charge is -2.22. The monoisotopic (exact) mass is 403 g/mol. The van der Waals surface area contributed by atoms with E-state index in [9.17, 15) is 8.42 Å². The van der Waals surface area contributed by atoms with Crippen LogP contribution in [0.15, 0.2) is 64.1 Å². The molecule has 1 unspecified atom stereocenters. The number of hydrogen-bond acceptors (Lipinski definition) is 2. The molecule has 0 N–H and O–H groups in total. The van der Waals surface area contributed by atoms with Crippen LogP contribution in [0.3, 0.4) is 0 Å².